The number of carbonyl (C=O) groups excluding carboxylic acids is 1. The summed E-state index contributed by atoms with van der Waals surface area (Å²) in [4.78, 5) is 25.3. The fourth-order valence-electron chi connectivity index (χ4n) is 3.54. The monoisotopic (exact) mass is 332 g/mol. The van der Waals surface area contributed by atoms with Crippen LogP contribution < -0.4 is 16.0 Å². The molecule has 2 heterocycles. The summed E-state index contributed by atoms with van der Waals surface area (Å²) < 4.78 is 0. The van der Waals surface area contributed by atoms with Crippen molar-refractivity contribution in [2.24, 2.45) is 11.7 Å². The first kappa shape index (κ1) is 17.1. The molecule has 0 aromatic carbocycles. The van der Waals surface area contributed by atoms with Gasteiger partial charge < -0.3 is 16.0 Å². The number of rotatable bonds is 6. The van der Waals surface area contributed by atoms with E-state index in [2.05, 4.69) is 25.1 Å². The van der Waals surface area contributed by atoms with Gasteiger partial charge in [-0.05, 0) is 38.3 Å². The molecule has 0 bridgehead atoms. The topological polar surface area (TPSA) is 87.4 Å². The predicted octanol–water partition coefficient (Wildman–Crippen LogP) is 0.232. The van der Waals surface area contributed by atoms with Crippen molar-refractivity contribution in [3.63, 3.8) is 0 Å². The number of nitrogens with one attached hydrogen (secondary N) is 1. The van der Waals surface area contributed by atoms with Crippen molar-refractivity contribution < 1.29 is 4.79 Å². The van der Waals surface area contributed by atoms with Gasteiger partial charge in [0.2, 0.25) is 11.9 Å². The quantitative estimate of drug-likeness (QED) is 0.725. The summed E-state index contributed by atoms with van der Waals surface area (Å²) >= 11 is 0. The van der Waals surface area contributed by atoms with Crippen molar-refractivity contribution in [3.8, 4) is 0 Å². The van der Waals surface area contributed by atoms with E-state index < -0.39 is 0 Å². The molecule has 2 fully saturated rings. The minimum absolute atomic E-state index is 0.134. The van der Waals surface area contributed by atoms with Crippen LogP contribution in [0.3, 0.4) is 0 Å². The van der Waals surface area contributed by atoms with Gasteiger partial charge in [0.15, 0.2) is 0 Å². The molecule has 3 rings (SSSR count). The maximum Gasteiger partial charge on any atom is 0.225 e. The van der Waals surface area contributed by atoms with Crippen LogP contribution in [0.5, 0.6) is 0 Å². The number of nitrogens with zero attached hydrogens (tertiary/aromatic N) is 4. The summed E-state index contributed by atoms with van der Waals surface area (Å²) in [5.41, 5.74) is 5.87. The molecule has 3 N–H and O–H groups in total. The Morgan fingerprint density at radius 1 is 1.21 bits per heavy atom. The Hall–Kier alpha value is -1.73. The SMILES string of the molecule is NC1CCC(C(=O)NCCCN2CCN(c3ncccn3)CC2)C1. The number of hydrogen-bond acceptors (Lipinski definition) is 6. The van der Waals surface area contributed by atoms with Crippen LogP contribution in [-0.4, -0.2) is 66.1 Å². The highest BCUT2D eigenvalue weighted by Gasteiger charge is 2.27. The maximum absolute atomic E-state index is 12.0. The van der Waals surface area contributed by atoms with E-state index in [1.165, 1.54) is 0 Å². The number of carbonyl (C=O) groups is 1. The molecule has 1 aromatic heterocycles. The van der Waals surface area contributed by atoms with Crippen LogP contribution in [0.15, 0.2) is 18.5 Å². The van der Waals surface area contributed by atoms with Crippen molar-refractivity contribution >= 4 is 11.9 Å². The summed E-state index contributed by atoms with van der Waals surface area (Å²) in [6.07, 6.45) is 7.33. The third-order valence-electron chi connectivity index (χ3n) is 5.00. The molecular formula is C17H28N6O. The van der Waals surface area contributed by atoms with Gasteiger partial charge in [0, 0.05) is 57.1 Å². The molecule has 7 nitrogen and oxygen atoms in total. The maximum atomic E-state index is 12.0. The first-order valence-corrected chi connectivity index (χ1v) is 9.00. The van der Waals surface area contributed by atoms with Crippen molar-refractivity contribution in [1.29, 1.82) is 0 Å². The van der Waals surface area contributed by atoms with Crippen molar-refractivity contribution in [2.45, 2.75) is 31.7 Å². The molecule has 132 valence electrons. The summed E-state index contributed by atoms with van der Waals surface area (Å²) in [6.45, 7) is 5.72. The number of hydrogen-bond donors (Lipinski definition) is 2. The van der Waals surface area contributed by atoms with Gasteiger partial charge in [-0.25, -0.2) is 9.97 Å². The number of aromatic nitrogens is 2. The van der Waals surface area contributed by atoms with Gasteiger partial charge in [-0.15, -0.1) is 0 Å². The summed E-state index contributed by atoms with van der Waals surface area (Å²) in [5, 5.41) is 3.07. The molecule has 1 saturated heterocycles. The third-order valence-corrected chi connectivity index (χ3v) is 5.00. The molecule has 1 aromatic rings. The minimum Gasteiger partial charge on any atom is -0.356 e. The van der Waals surface area contributed by atoms with E-state index in [-0.39, 0.29) is 17.9 Å². The molecule has 1 aliphatic heterocycles. The van der Waals surface area contributed by atoms with Crippen LogP contribution >= 0.6 is 0 Å². The van der Waals surface area contributed by atoms with Crippen LogP contribution in [0.4, 0.5) is 5.95 Å². The number of amides is 1. The molecular weight excluding hydrogens is 304 g/mol. The van der Waals surface area contributed by atoms with Gasteiger partial charge in [-0.3, -0.25) is 9.69 Å². The van der Waals surface area contributed by atoms with Gasteiger partial charge >= 0.3 is 0 Å². The van der Waals surface area contributed by atoms with Gasteiger partial charge in [-0.2, -0.15) is 0 Å². The Morgan fingerprint density at radius 2 is 1.96 bits per heavy atom. The molecule has 2 unspecified atom stereocenters. The first-order valence-electron chi connectivity index (χ1n) is 9.00. The summed E-state index contributed by atoms with van der Waals surface area (Å²) in [6, 6.07) is 2.05. The lowest BCUT2D eigenvalue weighted by atomic mass is 10.1. The number of piperazine rings is 1. The van der Waals surface area contributed by atoms with Crippen LogP contribution in [0, 0.1) is 5.92 Å². The second-order valence-corrected chi connectivity index (χ2v) is 6.79. The molecule has 2 aliphatic rings. The average molecular weight is 332 g/mol. The normalized spacial score (nSPS) is 25.0. The van der Waals surface area contributed by atoms with E-state index >= 15 is 0 Å². The highest BCUT2D eigenvalue weighted by molar-refractivity contribution is 5.78. The summed E-state index contributed by atoms with van der Waals surface area (Å²) in [7, 11) is 0. The Bertz CT molecular complexity index is 517. The Balaban J connectivity index is 1.29. The fourth-order valence-corrected chi connectivity index (χ4v) is 3.54. The van der Waals surface area contributed by atoms with Crippen LogP contribution in [0.25, 0.3) is 0 Å². The van der Waals surface area contributed by atoms with E-state index in [4.69, 9.17) is 5.73 Å². The molecule has 0 radical (unpaired) electrons. The summed E-state index contributed by atoms with van der Waals surface area (Å²) in [5.74, 6) is 1.14. The first-order chi connectivity index (χ1) is 11.7. The Morgan fingerprint density at radius 3 is 2.62 bits per heavy atom. The van der Waals surface area contributed by atoms with Gasteiger partial charge in [0.1, 0.15) is 0 Å². The smallest absolute Gasteiger partial charge is 0.225 e. The predicted molar refractivity (Wildman–Crippen MR) is 93.6 cm³/mol. The number of anilines is 1. The molecule has 7 heteroatoms. The highest BCUT2D eigenvalue weighted by atomic mass is 16.1. The zero-order valence-electron chi connectivity index (χ0n) is 14.2. The molecule has 1 amide bonds. The highest BCUT2D eigenvalue weighted by Crippen LogP contribution is 2.23. The van der Waals surface area contributed by atoms with E-state index in [1.54, 1.807) is 12.4 Å². The zero-order chi connectivity index (χ0) is 16.8. The molecule has 2 atom stereocenters. The zero-order valence-corrected chi connectivity index (χ0v) is 14.2. The second kappa shape index (κ2) is 8.39. The molecule has 24 heavy (non-hydrogen) atoms. The Labute approximate surface area is 143 Å². The third kappa shape index (κ3) is 4.64. The average Bonchev–Trinajstić information content (AvgIpc) is 3.06. The van der Waals surface area contributed by atoms with Gasteiger partial charge in [0.05, 0.1) is 0 Å². The van der Waals surface area contributed by atoms with E-state index in [1.807, 2.05) is 6.07 Å². The van der Waals surface area contributed by atoms with Gasteiger partial charge in [0.25, 0.3) is 0 Å². The van der Waals surface area contributed by atoms with Crippen molar-refractivity contribution in [2.75, 3.05) is 44.2 Å². The van der Waals surface area contributed by atoms with E-state index in [0.717, 1.165) is 70.9 Å². The Kier molecular flexibility index (Phi) is 5.98. The lowest BCUT2D eigenvalue weighted by molar-refractivity contribution is -0.124. The fraction of sp³-hybridized carbons (Fsp3) is 0.706. The lowest BCUT2D eigenvalue weighted by Gasteiger charge is -2.34. The van der Waals surface area contributed by atoms with Crippen molar-refractivity contribution in [1.82, 2.24) is 20.2 Å². The lowest BCUT2D eigenvalue weighted by Crippen LogP contribution is -2.47. The second-order valence-electron chi connectivity index (χ2n) is 6.79. The van der Waals surface area contributed by atoms with E-state index in [9.17, 15) is 4.79 Å². The van der Waals surface area contributed by atoms with Crippen LogP contribution in [0.1, 0.15) is 25.7 Å². The van der Waals surface area contributed by atoms with E-state index in [0.29, 0.717) is 0 Å². The largest absolute Gasteiger partial charge is 0.356 e. The van der Waals surface area contributed by atoms with Crippen LogP contribution in [-0.2, 0) is 4.79 Å². The molecule has 0 spiro atoms. The number of nitrogens with two attached hydrogens (primary N) is 1. The minimum atomic E-state index is 0.134. The molecule has 1 aliphatic carbocycles. The van der Waals surface area contributed by atoms with Crippen LogP contribution in [0.2, 0.25) is 0 Å². The van der Waals surface area contributed by atoms with Crippen molar-refractivity contribution in [3.05, 3.63) is 18.5 Å². The van der Waals surface area contributed by atoms with Gasteiger partial charge in [-0.1, -0.05) is 0 Å². The standard InChI is InChI=1S/C17H28N6O/c18-15-4-3-14(13-15)16(24)19-7-2-8-22-9-11-23(12-10-22)17-20-5-1-6-21-17/h1,5-6,14-15H,2-4,7-13,18H2,(H,19,24). The molecule has 1 saturated carbocycles.